The summed E-state index contributed by atoms with van der Waals surface area (Å²) in [6, 6.07) is 15.2. The van der Waals surface area contributed by atoms with E-state index in [4.69, 9.17) is 9.47 Å². The van der Waals surface area contributed by atoms with E-state index in [1.165, 1.54) is 21.1 Å². The highest BCUT2D eigenvalue weighted by atomic mass is 79.9. The van der Waals surface area contributed by atoms with Gasteiger partial charge in [0.05, 0.1) is 23.7 Å². The Labute approximate surface area is 242 Å². The molecule has 0 fully saturated rings. The van der Waals surface area contributed by atoms with Crippen LogP contribution in [0.3, 0.4) is 0 Å². The Balaban J connectivity index is 1.65. The average molecular weight is 611 g/mol. The van der Waals surface area contributed by atoms with Gasteiger partial charge in [0.15, 0.2) is 0 Å². The largest absolute Gasteiger partial charge is 0.455 e. The van der Waals surface area contributed by atoms with Crippen molar-refractivity contribution in [1.29, 1.82) is 0 Å². The van der Waals surface area contributed by atoms with E-state index in [1.54, 1.807) is 57.2 Å². The lowest BCUT2D eigenvalue weighted by Gasteiger charge is -2.40. The van der Waals surface area contributed by atoms with Crippen molar-refractivity contribution in [2.45, 2.75) is 51.9 Å². The number of carbonyl (C=O) groups excluding carboxylic acids is 4. The molecule has 2 aliphatic heterocycles. The van der Waals surface area contributed by atoms with Crippen LogP contribution in [0.1, 0.15) is 59.9 Å². The Morgan fingerprint density at radius 1 is 0.950 bits per heavy atom. The van der Waals surface area contributed by atoms with Gasteiger partial charge in [0.25, 0.3) is 11.8 Å². The lowest BCUT2D eigenvalue weighted by molar-refractivity contribution is -0.154. The minimum absolute atomic E-state index is 0.0226. The monoisotopic (exact) mass is 609 g/mol. The van der Waals surface area contributed by atoms with Crippen LogP contribution in [0.5, 0.6) is 0 Å². The Bertz CT molecular complexity index is 1300. The number of amides is 3. The predicted octanol–water partition coefficient (Wildman–Crippen LogP) is 5.44. The van der Waals surface area contributed by atoms with Gasteiger partial charge in [-0.25, -0.2) is 9.59 Å². The highest BCUT2D eigenvalue weighted by molar-refractivity contribution is 9.09. The summed E-state index contributed by atoms with van der Waals surface area (Å²) in [4.78, 5) is 54.6. The summed E-state index contributed by atoms with van der Waals surface area (Å²) >= 11 is 3.43. The molecule has 0 aliphatic carbocycles. The lowest BCUT2D eigenvalue weighted by atomic mass is 10.1. The normalized spacial score (nSPS) is 15.6. The van der Waals surface area contributed by atoms with Gasteiger partial charge in [-0.3, -0.25) is 19.5 Å². The first-order chi connectivity index (χ1) is 19.1. The minimum Gasteiger partial charge on any atom is -0.455 e. The average Bonchev–Trinajstić information content (AvgIpc) is 3.18. The van der Waals surface area contributed by atoms with Gasteiger partial charge < -0.3 is 9.47 Å². The van der Waals surface area contributed by atoms with Crippen molar-refractivity contribution in [3.63, 3.8) is 0 Å². The molecule has 0 spiro atoms. The maximum absolute atomic E-state index is 13.4. The number of benzene rings is 2. The summed E-state index contributed by atoms with van der Waals surface area (Å²) in [5.41, 5.74) is 0.747. The Morgan fingerprint density at radius 3 is 2.17 bits per heavy atom. The first-order valence-electron chi connectivity index (χ1n) is 13.0. The van der Waals surface area contributed by atoms with Crippen LogP contribution in [0.25, 0.3) is 0 Å². The van der Waals surface area contributed by atoms with Gasteiger partial charge in [0, 0.05) is 11.5 Å². The topological polar surface area (TPSA) is 96.5 Å². The number of imide groups is 1. The summed E-state index contributed by atoms with van der Waals surface area (Å²) in [5.74, 6) is -1.47. The molecule has 3 amide bonds. The zero-order chi connectivity index (χ0) is 28.9. The van der Waals surface area contributed by atoms with E-state index in [2.05, 4.69) is 15.9 Å². The Kier molecular flexibility index (Phi) is 9.09. The van der Waals surface area contributed by atoms with Crippen molar-refractivity contribution in [3.05, 3.63) is 95.3 Å². The number of hydrogen-bond donors (Lipinski definition) is 0. The standard InChI is InChI=1S/C30H32BrN3O6/c1-30(2,3)40-28(37)25-16-10-18-32(29(38)39-20-21-11-5-4-6-12-21)33(25)19-22(13-9-17-31)34-26(35)23-14-7-8-15-24(23)27(34)36/h4-8,10-12,14-16,18,22H,9,13,17,19-20H2,1-3H3. The Hall–Kier alpha value is -3.92. The van der Waals surface area contributed by atoms with E-state index in [0.717, 1.165) is 5.56 Å². The molecule has 0 saturated carbocycles. The van der Waals surface area contributed by atoms with Crippen LogP contribution in [-0.4, -0.2) is 62.3 Å². The summed E-state index contributed by atoms with van der Waals surface area (Å²) in [5, 5.41) is 3.25. The molecule has 2 aromatic carbocycles. The molecule has 2 heterocycles. The second-order valence-corrected chi connectivity index (χ2v) is 11.2. The molecule has 0 saturated heterocycles. The molecule has 9 nitrogen and oxygen atoms in total. The number of carbonyl (C=O) groups is 4. The molecule has 0 bridgehead atoms. The summed E-state index contributed by atoms with van der Waals surface area (Å²) in [7, 11) is 0. The van der Waals surface area contributed by atoms with Crippen molar-refractivity contribution < 1.29 is 28.7 Å². The number of rotatable bonds is 9. The van der Waals surface area contributed by atoms with E-state index < -0.39 is 35.5 Å². The number of nitrogens with zero attached hydrogens (tertiary/aromatic N) is 3. The van der Waals surface area contributed by atoms with E-state index in [0.29, 0.717) is 29.3 Å². The number of fused-ring (bicyclic) bond motifs is 1. The zero-order valence-corrected chi connectivity index (χ0v) is 24.3. The van der Waals surface area contributed by atoms with Crippen molar-refractivity contribution in [2.24, 2.45) is 0 Å². The second kappa shape index (κ2) is 12.5. The van der Waals surface area contributed by atoms with E-state index in [1.807, 2.05) is 30.3 Å². The molecule has 0 N–H and O–H groups in total. The van der Waals surface area contributed by atoms with Crippen LogP contribution in [0, 0.1) is 0 Å². The number of ether oxygens (including phenoxy) is 2. The molecule has 1 atom stereocenters. The fourth-order valence-corrected chi connectivity index (χ4v) is 4.81. The van der Waals surface area contributed by atoms with Gasteiger partial charge in [0.1, 0.15) is 17.9 Å². The van der Waals surface area contributed by atoms with E-state index in [9.17, 15) is 19.2 Å². The van der Waals surface area contributed by atoms with Gasteiger partial charge in [-0.15, -0.1) is 0 Å². The lowest BCUT2D eigenvalue weighted by Crippen LogP contribution is -2.53. The molecule has 0 radical (unpaired) electrons. The molecule has 2 aromatic rings. The number of hydrazine groups is 1. The minimum atomic E-state index is -0.790. The maximum atomic E-state index is 13.4. The molecule has 10 heteroatoms. The van der Waals surface area contributed by atoms with E-state index in [-0.39, 0.29) is 18.8 Å². The van der Waals surface area contributed by atoms with Crippen molar-refractivity contribution in [2.75, 3.05) is 11.9 Å². The van der Waals surface area contributed by atoms with E-state index >= 15 is 0 Å². The number of hydrogen-bond acceptors (Lipinski definition) is 7. The van der Waals surface area contributed by atoms with Gasteiger partial charge in [0.2, 0.25) is 0 Å². The molecule has 2 aliphatic rings. The second-order valence-electron chi connectivity index (χ2n) is 10.4. The van der Waals surface area contributed by atoms with Crippen LogP contribution >= 0.6 is 15.9 Å². The first kappa shape index (κ1) is 29.1. The smallest absolute Gasteiger partial charge is 0.433 e. The van der Waals surface area contributed by atoms with Crippen LogP contribution in [-0.2, 0) is 20.9 Å². The molecular formula is C30H32BrN3O6. The van der Waals surface area contributed by atoms with Gasteiger partial charge in [-0.2, -0.15) is 5.01 Å². The number of esters is 1. The third-order valence-electron chi connectivity index (χ3n) is 6.27. The quantitative estimate of drug-likeness (QED) is 0.212. The van der Waals surface area contributed by atoms with Crippen LogP contribution in [0.2, 0.25) is 0 Å². The molecule has 4 rings (SSSR count). The molecule has 40 heavy (non-hydrogen) atoms. The van der Waals surface area contributed by atoms with Crippen molar-refractivity contribution in [3.8, 4) is 0 Å². The van der Waals surface area contributed by atoms with Gasteiger partial charge in [-0.1, -0.05) is 58.4 Å². The predicted molar refractivity (Wildman–Crippen MR) is 152 cm³/mol. The van der Waals surface area contributed by atoms with Crippen LogP contribution in [0.15, 0.2) is 78.6 Å². The molecule has 0 aromatic heterocycles. The highest BCUT2D eigenvalue weighted by Gasteiger charge is 2.42. The molecule has 210 valence electrons. The Morgan fingerprint density at radius 2 is 1.57 bits per heavy atom. The fraction of sp³-hybridized carbons (Fsp3) is 0.333. The molecule has 1 unspecified atom stereocenters. The van der Waals surface area contributed by atoms with Crippen molar-refractivity contribution >= 4 is 39.8 Å². The first-order valence-corrected chi connectivity index (χ1v) is 14.1. The van der Waals surface area contributed by atoms with Gasteiger partial charge >= 0.3 is 12.1 Å². The fourth-order valence-electron chi connectivity index (χ4n) is 4.49. The maximum Gasteiger partial charge on any atom is 0.433 e. The number of allylic oxidation sites excluding steroid dienone is 2. The number of alkyl halides is 1. The third kappa shape index (κ3) is 6.62. The molecular weight excluding hydrogens is 578 g/mol. The number of halogens is 1. The summed E-state index contributed by atoms with van der Waals surface area (Å²) in [6.07, 6.45) is 4.92. The van der Waals surface area contributed by atoms with Crippen LogP contribution < -0.4 is 0 Å². The van der Waals surface area contributed by atoms with Crippen LogP contribution in [0.4, 0.5) is 4.79 Å². The van der Waals surface area contributed by atoms with Gasteiger partial charge in [-0.05, 0) is 63.5 Å². The summed E-state index contributed by atoms with van der Waals surface area (Å²) in [6.45, 7) is 5.23. The highest BCUT2D eigenvalue weighted by Crippen LogP contribution is 2.29. The van der Waals surface area contributed by atoms with Crippen molar-refractivity contribution in [1.82, 2.24) is 14.9 Å². The summed E-state index contributed by atoms with van der Waals surface area (Å²) < 4.78 is 11.2. The SMILES string of the molecule is CC(C)(C)OC(=O)C1=CC=CN(C(=O)OCc2ccccc2)N1CC(CCCBr)N1C(=O)c2ccccc2C1=O. The zero-order valence-electron chi connectivity index (χ0n) is 22.7. The third-order valence-corrected chi connectivity index (χ3v) is 6.83.